The molecule has 2 heterocycles. The van der Waals surface area contributed by atoms with E-state index in [0.717, 1.165) is 11.3 Å². The number of aromatic carboxylic acids is 1. The number of H-pyrrole nitrogens is 1. The molecule has 0 aliphatic carbocycles. The smallest absolute Gasteiger partial charge is 0.346 e. The first-order valence-corrected chi connectivity index (χ1v) is 7.79. The SMILES string of the molecule is Cc1c(C(=O)O)sc2nc(COc3ccc(Cl)cc3)[nH]c(=O)c12. The van der Waals surface area contributed by atoms with E-state index in [2.05, 4.69) is 9.97 Å². The summed E-state index contributed by atoms with van der Waals surface area (Å²) >= 11 is 6.78. The molecular weight excluding hydrogens is 340 g/mol. The van der Waals surface area contributed by atoms with Crippen LogP contribution >= 0.6 is 22.9 Å². The van der Waals surface area contributed by atoms with Crippen molar-refractivity contribution in [2.75, 3.05) is 0 Å². The van der Waals surface area contributed by atoms with Crippen molar-refractivity contribution in [2.45, 2.75) is 13.5 Å². The lowest BCUT2D eigenvalue weighted by atomic mass is 10.2. The second-order valence-corrected chi connectivity index (χ2v) is 6.23. The predicted molar refractivity (Wildman–Crippen MR) is 87.7 cm³/mol. The number of aromatic amines is 1. The number of fused-ring (bicyclic) bond motifs is 1. The van der Waals surface area contributed by atoms with E-state index in [1.54, 1.807) is 31.2 Å². The van der Waals surface area contributed by atoms with Crippen molar-refractivity contribution in [3.05, 3.63) is 55.9 Å². The molecule has 118 valence electrons. The van der Waals surface area contributed by atoms with Crippen LogP contribution in [0, 0.1) is 6.92 Å². The number of rotatable bonds is 4. The molecule has 0 amide bonds. The molecule has 0 unspecified atom stereocenters. The average Bonchev–Trinajstić information content (AvgIpc) is 2.84. The zero-order valence-corrected chi connectivity index (χ0v) is 13.5. The number of nitrogens with zero attached hydrogens (tertiary/aromatic N) is 1. The van der Waals surface area contributed by atoms with E-state index in [0.29, 0.717) is 32.4 Å². The summed E-state index contributed by atoms with van der Waals surface area (Å²) in [5, 5.41) is 10.0. The molecule has 0 bridgehead atoms. The maximum absolute atomic E-state index is 12.2. The lowest BCUT2D eigenvalue weighted by Gasteiger charge is -2.05. The van der Waals surface area contributed by atoms with Crippen LogP contribution in [0.2, 0.25) is 5.02 Å². The van der Waals surface area contributed by atoms with Gasteiger partial charge in [-0.3, -0.25) is 4.79 Å². The highest BCUT2D eigenvalue weighted by Gasteiger charge is 2.18. The quantitative estimate of drug-likeness (QED) is 0.753. The fourth-order valence-electron chi connectivity index (χ4n) is 2.14. The summed E-state index contributed by atoms with van der Waals surface area (Å²) in [6, 6.07) is 6.80. The fraction of sp³-hybridized carbons (Fsp3) is 0.133. The second-order valence-electron chi connectivity index (χ2n) is 4.80. The molecule has 2 aromatic heterocycles. The van der Waals surface area contributed by atoms with Crippen molar-refractivity contribution >= 4 is 39.1 Å². The summed E-state index contributed by atoms with van der Waals surface area (Å²) in [5.41, 5.74) is 0.0578. The molecule has 6 nitrogen and oxygen atoms in total. The van der Waals surface area contributed by atoms with Gasteiger partial charge in [0.2, 0.25) is 0 Å². The first kappa shape index (κ1) is 15.5. The molecule has 0 atom stereocenters. The minimum Gasteiger partial charge on any atom is -0.486 e. The standard InChI is InChI=1S/C15H11ClN2O4S/c1-7-11-13(19)17-10(18-14(11)23-12(7)15(20)21)6-22-9-4-2-8(16)3-5-9/h2-5H,6H2,1H3,(H,20,21)(H,17,18,19). The van der Waals surface area contributed by atoms with E-state index >= 15 is 0 Å². The summed E-state index contributed by atoms with van der Waals surface area (Å²) in [4.78, 5) is 30.7. The van der Waals surface area contributed by atoms with Gasteiger partial charge in [-0.15, -0.1) is 11.3 Å². The Kier molecular flexibility index (Phi) is 4.06. The van der Waals surface area contributed by atoms with Crippen molar-refractivity contribution in [3.8, 4) is 5.75 Å². The van der Waals surface area contributed by atoms with Crippen LogP contribution < -0.4 is 10.3 Å². The first-order valence-electron chi connectivity index (χ1n) is 6.59. The first-order chi connectivity index (χ1) is 11.0. The zero-order chi connectivity index (χ0) is 16.6. The molecule has 0 fully saturated rings. The molecule has 0 radical (unpaired) electrons. The van der Waals surface area contributed by atoms with E-state index in [1.165, 1.54) is 0 Å². The molecule has 3 rings (SSSR count). The number of hydrogen-bond acceptors (Lipinski definition) is 5. The maximum Gasteiger partial charge on any atom is 0.346 e. The fourth-order valence-corrected chi connectivity index (χ4v) is 3.31. The molecule has 3 aromatic rings. The maximum atomic E-state index is 12.2. The minimum atomic E-state index is -1.07. The number of aromatic nitrogens is 2. The molecule has 1 aromatic carbocycles. The molecular formula is C15H11ClN2O4S. The Labute approximate surface area is 139 Å². The van der Waals surface area contributed by atoms with Crippen LogP contribution in [0.5, 0.6) is 5.75 Å². The summed E-state index contributed by atoms with van der Waals surface area (Å²) in [6.45, 7) is 1.66. The van der Waals surface area contributed by atoms with E-state index < -0.39 is 5.97 Å². The summed E-state index contributed by atoms with van der Waals surface area (Å²) in [6.07, 6.45) is 0. The van der Waals surface area contributed by atoms with Crippen LogP contribution in [-0.4, -0.2) is 21.0 Å². The Balaban J connectivity index is 1.92. The lowest BCUT2D eigenvalue weighted by Crippen LogP contribution is -2.13. The highest BCUT2D eigenvalue weighted by molar-refractivity contribution is 7.20. The third-order valence-electron chi connectivity index (χ3n) is 3.23. The van der Waals surface area contributed by atoms with Crippen LogP contribution in [0.25, 0.3) is 10.2 Å². The number of carboxylic acid groups (broad SMARTS) is 1. The van der Waals surface area contributed by atoms with Crippen LogP contribution in [0.3, 0.4) is 0 Å². The number of nitrogens with one attached hydrogen (secondary N) is 1. The zero-order valence-electron chi connectivity index (χ0n) is 11.9. The average molecular weight is 351 g/mol. The van der Waals surface area contributed by atoms with Gasteiger partial charge in [0.05, 0.1) is 5.39 Å². The van der Waals surface area contributed by atoms with Gasteiger partial charge in [0.25, 0.3) is 5.56 Å². The Bertz CT molecular complexity index is 947. The van der Waals surface area contributed by atoms with Crippen LogP contribution in [0.4, 0.5) is 0 Å². The van der Waals surface area contributed by atoms with Gasteiger partial charge >= 0.3 is 5.97 Å². The normalized spacial score (nSPS) is 10.9. The van der Waals surface area contributed by atoms with Gasteiger partial charge in [0.1, 0.15) is 27.9 Å². The van der Waals surface area contributed by atoms with E-state index in [9.17, 15) is 9.59 Å². The van der Waals surface area contributed by atoms with Crippen molar-refractivity contribution in [2.24, 2.45) is 0 Å². The summed E-state index contributed by atoms with van der Waals surface area (Å²) in [5.74, 6) is -0.148. The monoisotopic (exact) mass is 350 g/mol. The minimum absolute atomic E-state index is 0.0617. The largest absolute Gasteiger partial charge is 0.486 e. The molecule has 0 saturated carbocycles. The third kappa shape index (κ3) is 3.06. The second kappa shape index (κ2) is 6.02. The topological polar surface area (TPSA) is 92.3 Å². The van der Waals surface area contributed by atoms with Crippen molar-refractivity contribution in [3.63, 3.8) is 0 Å². The number of benzene rings is 1. The van der Waals surface area contributed by atoms with Gasteiger partial charge < -0.3 is 14.8 Å². The van der Waals surface area contributed by atoms with Gasteiger partial charge in [-0.05, 0) is 36.8 Å². The number of carbonyl (C=O) groups is 1. The molecule has 0 saturated heterocycles. The number of ether oxygens (including phenoxy) is 1. The van der Waals surface area contributed by atoms with Gasteiger partial charge in [-0.1, -0.05) is 11.6 Å². The molecule has 0 aliphatic heterocycles. The number of carboxylic acids is 1. The van der Waals surface area contributed by atoms with Gasteiger partial charge in [0, 0.05) is 5.02 Å². The highest BCUT2D eigenvalue weighted by Crippen LogP contribution is 2.27. The van der Waals surface area contributed by atoms with E-state index in [4.69, 9.17) is 21.4 Å². The Morgan fingerprint density at radius 2 is 2.09 bits per heavy atom. The van der Waals surface area contributed by atoms with Crippen molar-refractivity contribution < 1.29 is 14.6 Å². The predicted octanol–water partition coefficient (Wildman–Crippen LogP) is 3.22. The van der Waals surface area contributed by atoms with Gasteiger partial charge in [-0.25, -0.2) is 9.78 Å². The Morgan fingerprint density at radius 1 is 1.39 bits per heavy atom. The van der Waals surface area contributed by atoms with E-state index in [-0.39, 0.29) is 17.0 Å². The summed E-state index contributed by atoms with van der Waals surface area (Å²) in [7, 11) is 0. The molecule has 0 aliphatic rings. The Morgan fingerprint density at radius 3 is 2.74 bits per heavy atom. The van der Waals surface area contributed by atoms with Crippen LogP contribution in [0.15, 0.2) is 29.1 Å². The van der Waals surface area contributed by atoms with Crippen molar-refractivity contribution in [1.82, 2.24) is 9.97 Å². The molecule has 23 heavy (non-hydrogen) atoms. The summed E-state index contributed by atoms with van der Waals surface area (Å²) < 4.78 is 5.53. The third-order valence-corrected chi connectivity index (χ3v) is 4.66. The highest BCUT2D eigenvalue weighted by atomic mass is 35.5. The molecule has 2 N–H and O–H groups in total. The number of aryl methyl sites for hydroxylation is 1. The van der Waals surface area contributed by atoms with E-state index in [1.807, 2.05) is 0 Å². The molecule has 0 spiro atoms. The lowest BCUT2D eigenvalue weighted by molar-refractivity contribution is 0.0701. The number of hydrogen-bond donors (Lipinski definition) is 2. The van der Waals surface area contributed by atoms with Crippen LogP contribution in [-0.2, 0) is 6.61 Å². The number of halogens is 1. The Hall–Kier alpha value is -2.38. The van der Waals surface area contributed by atoms with Gasteiger partial charge in [-0.2, -0.15) is 0 Å². The van der Waals surface area contributed by atoms with Crippen molar-refractivity contribution in [1.29, 1.82) is 0 Å². The van der Waals surface area contributed by atoms with Gasteiger partial charge in [0.15, 0.2) is 0 Å². The number of thiophene rings is 1. The van der Waals surface area contributed by atoms with Crippen LogP contribution in [0.1, 0.15) is 21.1 Å². The molecule has 8 heteroatoms.